The molecule has 1 aliphatic rings. The maximum absolute atomic E-state index is 12.4. The molecule has 0 aromatic heterocycles. The number of carbonyl (C=O) groups is 1. The number of esters is 1. The van der Waals surface area contributed by atoms with Crippen molar-refractivity contribution in [1.29, 1.82) is 0 Å². The van der Waals surface area contributed by atoms with E-state index in [0.717, 1.165) is 35.6 Å². The van der Waals surface area contributed by atoms with Crippen molar-refractivity contribution in [3.8, 4) is 5.75 Å². The second-order valence-electron chi connectivity index (χ2n) is 5.88. The van der Waals surface area contributed by atoms with Gasteiger partial charge in [0.1, 0.15) is 5.75 Å². The number of fused-ring (bicyclic) bond motifs is 1. The molecule has 21 heavy (non-hydrogen) atoms. The Morgan fingerprint density at radius 2 is 1.90 bits per heavy atom. The number of benzene rings is 2. The molecule has 2 aromatic carbocycles. The first-order chi connectivity index (χ1) is 10.1. The van der Waals surface area contributed by atoms with Crippen LogP contribution in [-0.2, 0) is 4.79 Å². The van der Waals surface area contributed by atoms with Crippen LogP contribution in [0.5, 0.6) is 5.75 Å². The van der Waals surface area contributed by atoms with E-state index in [1.807, 2.05) is 43.3 Å². The monoisotopic (exact) mass is 280 g/mol. The third-order valence-corrected chi connectivity index (χ3v) is 4.19. The fraction of sp³-hybridized carbons (Fsp3) is 0.316. The van der Waals surface area contributed by atoms with Crippen molar-refractivity contribution < 1.29 is 9.53 Å². The molecule has 0 amide bonds. The van der Waals surface area contributed by atoms with E-state index < -0.39 is 0 Å². The third-order valence-electron chi connectivity index (χ3n) is 4.19. The van der Waals surface area contributed by atoms with Gasteiger partial charge >= 0.3 is 5.97 Å². The predicted octanol–water partition coefficient (Wildman–Crippen LogP) is 4.80. The van der Waals surface area contributed by atoms with Gasteiger partial charge in [-0.05, 0) is 50.1 Å². The Hall–Kier alpha value is -2.09. The molecule has 0 saturated heterocycles. The maximum Gasteiger partial charge on any atom is 0.314 e. The van der Waals surface area contributed by atoms with Gasteiger partial charge in [0.15, 0.2) is 0 Å². The predicted molar refractivity (Wildman–Crippen MR) is 85.4 cm³/mol. The van der Waals surface area contributed by atoms with Gasteiger partial charge in [0, 0.05) is 5.39 Å². The molecule has 0 heterocycles. The Morgan fingerprint density at radius 1 is 1.14 bits per heavy atom. The van der Waals surface area contributed by atoms with Crippen molar-refractivity contribution in [1.82, 2.24) is 0 Å². The quantitative estimate of drug-likeness (QED) is 0.448. The molecule has 1 aliphatic carbocycles. The summed E-state index contributed by atoms with van der Waals surface area (Å²) < 4.78 is 5.73. The summed E-state index contributed by atoms with van der Waals surface area (Å²) in [5, 5.41) is 2.15. The van der Waals surface area contributed by atoms with E-state index in [2.05, 4.69) is 13.0 Å². The number of allylic oxidation sites excluding steroid dienone is 2. The summed E-state index contributed by atoms with van der Waals surface area (Å²) in [5.74, 6) is 0.579. The standard InChI is InChI=1S/C19H20O2/c1-13-6-3-10-16(12-13)19(20)21-17-11-5-9-15-8-4-7-14(2)18(15)17/h4-9,11,16H,3,10,12H2,1-2H3. The summed E-state index contributed by atoms with van der Waals surface area (Å²) >= 11 is 0. The lowest BCUT2D eigenvalue weighted by molar-refractivity contribution is -0.139. The Morgan fingerprint density at radius 3 is 2.67 bits per heavy atom. The van der Waals surface area contributed by atoms with Gasteiger partial charge in [-0.2, -0.15) is 0 Å². The van der Waals surface area contributed by atoms with Crippen LogP contribution in [-0.4, -0.2) is 5.97 Å². The topological polar surface area (TPSA) is 26.3 Å². The molecule has 0 aliphatic heterocycles. The summed E-state index contributed by atoms with van der Waals surface area (Å²) in [5.41, 5.74) is 2.42. The van der Waals surface area contributed by atoms with Crippen molar-refractivity contribution in [3.63, 3.8) is 0 Å². The first kappa shape index (κ1) is 13.9. The SMILES string of the molecule is CC1=CCCC(C(=O)Oc2cccc3cccc(C)c23)C1. The summed E-state index contributed by atoms with van der Waals surface area (Å²) in [6, 6.07) is 12.0. The molecule has 0 fully saturated rings. The highest BCUT2D eigenvalue weighted by molar-refractivity contribution is 5.93. The number of rotatable bonds is 2. The Balaban J connectivity index is 1.88. The number of aryl methyl sites for hydroxylation is 1. The van der Waals surface area contributed by atoms with Crippen molar-refractivity contribution in [2.24, 2.45) is 5.92 Å². The summed E-state index contributed by atoms with van der Waals surface area (Å²) in [7, 11) is 0. The van der Waals surface area contributed by atoms with Crippen LogP contribution in [0.15, 0.2) is 48.0 Å². The van der Waals surface area contributed by atoms with E-state index in [1.54, 1.807) is 0 Å². The molecule has 0 spiro atoms. The zero-order valence-corrected chi connectivity index (χ0v) is 12.6. The average Bonchev–Trinajstić information content (AvgIpc) is 2.47. The molecule has 2 heteroatoms. The van der Waals surface area contributed by atoms with Gasteiger partial charge in [-0.1, -0.05) is 42.0 Å². The highest BCUT2D eigenvalue weighted by atomic mass is 16.5. The van der Waals surface area contributed by atoms with E-state index in [1.165, 1.54) is 5.57 Å². The third kappa shape index (κ3) is 2.85. The lowest BCUT2D eigenvalue weighted by atomic mass is 9.90. The smallest absolute Gasteiger partial charge is 0.314 e. The van der Waals surface area contributed by atoms with Crippen LogP contribution in [0.3, 0.4) is 0 Å². The maximum atomic E-state index is 12.4. The molecule has 0 radical (unpaired) electrons. The lowest BCUT2D eigenvalue weighted by Gasteiger charge is -2.20. The largest absolute Gasteiger partial charge is 0.426 e. The minimum Gasteiger partial charge on any atom is -0.426 e. The summed E-state index contributed by atoms with van der Waals surface area (Å²) in [6.07, 6.45) is 4.90. The molecule has 0 saturated carbocycles. The fourth-order valence-corrected chi connectivity index (χ4v) is 3.07. The number of ether oxygens (including phenoxy) is 1. The van der Waals surface area contributed by atoms with Gasteiger partial charge in [-0.15, -0.1) is 0 Å². The fourth-order valence-electron chi connectivity index (χ4n) is 3.07. The first-order valence-corrected chi connectivity index (χ1v) is 7.51. The van der Waals surface area contributed by atoms with E-state index >= 15 is 0 Å². The van der Waals surface area contributed by atoms with Crippen molar-refractivity contribution in [3.05, 3.63) is 53.6 Å². The van der Waals surface area contributed by atoms with Crippen LogP contribution in [0.4, 0.5) is 0 Å². The molecule has 1 unspecified atom stereocenters. The van der Waals surface area contributed by atoms with Crippen molar-refractivity contribution in [2.75, 3.05) is 0 Å². The van der Waals surface area contributed by atoms with Gasteiger partial charge in [-0.3, -0.25) is 4.79 Å². The van der Waals surface area contributed by atoms with Gasteiger partial charge < -0.3 is 4.74 Å². The molecule has 2 aromatic rings. The van der Waals surface area contributed by atoms with Gasteiger partial charge in [0.25, 0.3) is 0 Å². The van der Waals surface area contributed by atoms with Crippen LogP contribution in [0.25, 0.3) is 10.8 Å². The second-order valence-corrected chi connectivity index (χ2v) is 5.88. The Kier molecular flexibility index (Phi) is 3.78. The highest BCUT2D eigenvalue weighted by Crippen LogP contribution is 2.31. The van der Waals surface area contributed by atoms with Gasteiger partial charge in [0.05, 0.1) is 5.92 Å². The zero-order chi connectivity index (χ0) is 14.8. The van der Waals surface area contributed by atoms with E-state index in [-0.39, 0.29) is 11.9 Å². The Bertz CT molecular complexity index is 707. The molecular weight excluding hydrogens is 260 g/mol. The van der Waals surface area contributed by atoms with E-state index in [9.17, 15) is 4.79 Å². The van der Waals surface area contributed by atoms with Crippen molar-refractivity contribution in [2.45, 2.75) is 33.1 Å². The molecule has 0 bridgehead atoms. The second kappa shape index (κ2) is 5.72. The van der Waals surface area contributed by atoms with Crippen LogP contribution >= 0.6 is 0 Å². The normalized spacial score (nSPS) is 18.4. The van der Waals surface area contributed by atoms with Gasteiger partial charge in [0.2, 0.25) is 0 Å². The molecule has 3 rings (SSSR count). The minimum absolute atomic E-state index is 0.00530. The van der Waals surface area contributed by atoms with Crippen molar-refractivity contribution >= 4 is 16.7 Å². The van der Waals surface area contributed by atoms with E-state index in [4.69, 9.17) is 4.74 Å². The molecule has 2 nitrogen and oxygen atoms in total. The first-order valence-electron chi connectivity index (χ1n) is 7.51. The average molecular weight is 280 g/mol. The highest BCUT2D eigenvalue weighted by Gasteiger charge is 2.23. The van der Waals surface area contributed by atoms with E-state index in [0.29, 0.717) is 5.75 Å². The van der Waals surface area contributed by atoms with Gasteiger partial charge in [-0.25, -0.2) is 0 Å². The number of carbonyl (C=O) groups excluding carboxylic acids is 1. The van der Waals surface area contributed by atoms with Crippen LogP contribution in [0.1, 0.15) is 31.7 Å². The lowest BCUT2D eigenvalue weighted by Crippen LogP contribution is -2.22. The summed E-state index contributed by atoms with van der Waals surface area (Å²) in [4.78, 5) is 12.4. The zero-order valence-electron chi connectivity index (χ0n) is 12.6. The molecule has 108 valence electrons. The number of hydrogen-bond donors (Lipinski definition) is 0. The molecule has 0 N–H and O–H groups in total. The van der Waals surface area contributed by atoms with Crippen LogP contribution in [0, 0.1) is 12.8 Å². The Labute approximate surface area is 125 Å². The summed E-state index contributed by atoms with van der Waals surface area (Å²) in [6.45, 7) is 4.13. The molecular formula is C19H20O2. The molecule has 1 atom stereocenters. The minimum atomic E-state index is -0.0989. The number of hydrogen-bond acceptors (Lipinski definition) is 2. The van der Waals surface area contributed by atoms with Crippen LogP contribution in [0.2, 0.25) is 0 Å². The van der Waals surface area contributed by atoms with Crippen LogP contribution < -0.4 is 4.74 Å².